The second-order valence-electron chi connectivity index (χ2n) is 5.05. The minimum atomic E-state index is 0.306. The van der Waals surface area contributed by atoms with Crippen LogP contribution in [-0.4, -0.2) is 15.2 Å². The van der Waals surface area contributed by atoms with Crippen molar-refractivity contribution in [3.05, 3.63) is 72.2 Å². The maximum absolute atomic E-state index is 4.04. The largest absolute Gasteiger partial charge is 0.306 e. The Bertz CT molecular complexity index is 660. The van der Waals surface area contributed by atoms with Crippen LogP contribution in [0.5, 0.6) is 0 Å². The molecule has 4 heteroatoms. The van der Waals surface area contributed by atoms with Crippen molar-refractivity contribution < 1.29 is 0 Å². The highest BCUT2D eigenvalue weighted by atomic mass is 15.1. The minimum absolute atomic E-state index is 0.306. The summed E-state index contributed by atoms with van der Waals surface area (Å²) < 4.78 is 0. The van der Waals surface area contributed by atoms with Gasteiger partial charge in [0.2, 0.25) is 0 Å². The van der Waals surface area contributed by atoms with Gasteiger partial charge in [-0.1, -0.05) is 24.3 Å². The lowest BCUT2D eigenvalue weighted by atomic mass is 10.1. The molecule has 2 aromatic heterocycles. The standard InChI is InChI=1S/C17H18N4/c1-13(15-6-9-18-10-7-15)19-12-14-2-4-16(5-3-14)17-8-11-20-21-17/h2-11,13,19H,12H2,1H3,(H,20,21). The predicted molar refractivity (Wildman–Crippen MR) is 83.5 cm³/mol. The van der Waals surface area contributed by atoms with Crippen LogP contribution in [-0.2, 0) is 6.54 Å². The normalized spacial score (nSPS) is 12.2. The van der Waals surface area contributed by atoms with Crippen LogP contribution in [0.4, 0.5) is 0 Å². The molecule has 1 atom stereocenters. The quantitative estimate of drug-likeness (QED) is 0.752. The molecule has 0 saturated carbocycles. The molecule has 3 aromatic rings. The minimum Gasteiger partial charge on any atom is -0.306 e. The van der Waals surface area contributed by atoms with Gasteiger partial charge in [-0.05, 0) is 41.8 Å². The van der Waals surface area contributed by atoms with E-state index in [1.165, 1.54) is 11.1 Å². The molecule has 106 valence electrons. The van der Waals surface area contributed by atoms with Gasteiger partial charge in [-0.25, -0.2) is 0 Å². The van der Waals surface area contributed by atoms with Gasteiger partial charge in [-0.3, -0.25) is 10.1 Å². The lowest BCUT2D eigenvalue weighted by Gasteiger charge is -2.14. The van der Waals surface area contributed by atoms with Crippen LogP contribution < -0.4 is 5.32 Å². The second-order valence-corrected chi connectivity index (χ2v) is 5.05. The molecule has 0 aliphatic carbocycles. The van der Waals surface area contributed by atoms with Crippen LogP contribution in [0.1, 0.15) is 24.1 Å². The first kappa shape index (κ1) is 13.5. The zero-order chi connectivity index (χ0) is 14.5. The number of nitrogens with zero attached hydrogens (tertiary/aromatic N) is 2. The molecule has 2 heterocycles. The van der Waals surface area contributed by atoms with Crippen LogP contribution in [0.2, 0.25) is 0 Å². The first-order chi connectivity index (χ1) is 10.3. The number of hydrogen-bond acceptors (Lipinski definition) is 3. The molecule has 0 aliphatic heterocycles. The van der Waals surface area contributed by atoms with E-state index in [0.717, 1.165) is 17.8 Å². The van der Waals surface area contributed by atoms with Crippen molar-refractivity contribution in [3.63, 3.8) is 0 Å². The molecule has 0 radical (unpaired) electrons. The molecule has 21 heavy (non-hydrogen) atoms. The molecule has 1 unspecified atom stereocenters. The summed E-state index contributed by atoms with van der Waals surface area (Å²) >= 11 is 0. The van der Waals surface area contributed by atoms with Gasteiger partial charge in [0.05, 0.1) is 5.69 Å². The molecule has 3 rings (SSSR count). The SMILES string of the molecule is CC(NCc1ccc(-c2ccn[nH]2)cc1)c1ccncc1. The number of H-pyrrole nitrogens is 1. The highest BCUT2D eigenvalue weighted by molar-refractivity contribution is 5.58. The lowest BCUT2D eigenvalue weighted by Crippen LogP contribution is -2.17. The van der Waals surface area contributed by atoms with Gasteiger partial charge < -0.3 is 5.32 Å². The van der Waals surface area contributed by atoms with E-state index in [1.54, 1.807) is 6.20 Å². The fourth-order valence-electron chi connectivity index (χ4n) is 2.26. The number of nitrogens with one attached hydrogen (secondary N) is 2. The van der Waals surface area contributed by atoms with E-state index in [4.69, 9.17) is 0 Å². The third kappa shape index (κ3) is 3.35. The summed E-state index contributed by atoms with van der Waals surface area (Å²) in [5, 5.41) is 10.5. The van der Waals surface area contributed by atoms with Crippen molar-refractivity contribution in [1.29, 1.82) is 0 Å². The molecule has 0 amide bonds. The molecule has 0 fully saturated rings. The van der Waals surface area contributed by atoms with E-state index >= 15 is 0 Å². The second kappa shape index (κ2) is 6.33. The lowest BCUT2D eigenvalue weighted by molar-refractivity contribution is 0.574. The van der Waals surface area contributed by atoms with Crippen LogP contribution in [0.3, 0.4) is 0 Å². The van der Waals surface area contributed by atoms with Crippen molar-refractivity contribution in [2.75, 3.05) is 0 Å². The first-order valence-corrected chi connectivity index (χ1v) is 7.05. The molecule has 0 aliphatic rings. The van der Waals surface area contributed by atoms with Crippen molar-refractivity contribution in [3.8, 4) is 11.3 Å². The van der Waals surface area contributed by atoms with Crippen LogP contribution in [0, 0.1) is 0 Å². The highest BCUT2D eigenvalue weighted by Gasteiger charge is 2.04. The Labute approximate surface area is 124 Å². The van der Waals surface area contributed by atoms with E-state index in [9.17, 15) is 0 Å². The number of hydrogen-bond donors (Lipinski definition) is 2. The van der Waals surface area contributed by atoms with E-state index in [-0.39, 0.29) is 0 Å². The van der Waals surface area contributed by atoms with Crippen molar-refractivity contribution in [1.82, 2.24) is 20.5 Å². The Morgan fingerprint density at radius 3 is 2.43 bits per heavy atom. The topological polar surface area (TPSA) is 53.6 Å². The van der Waals surface area contributed by atoms with Crippen LogP contribution in [0.15, 0.2) is 61.1 Å². The maximum Gasteiger partial charge on any atom is 0.0650 e. The average molecular weight is 278 g/mol. The molecular weight excluding hydrogens is 260 g/mol. The Hall–Kier alpha value is -2.46. The molecule has 0 saturated heterocycles. The monoisotopic (exact) mass is 278 g/mol. The van der Waals surface area contributed by atoms with Crippen molar-refractivity contribution >= 4 is 0 Å². The van der Waals surface area contributed by atoms with E-state index in [0.29, 0.717) is 6.04 Å². The third-order valence-corrected chi connectivity index (χ3v) is 3.58. The summed E-state index contributed by atoms with van der Waals surface area (Å²) in [5.74, 6) is 0. The van der Waals surface area contributed by atoms with Crippen LogP contribution >= 0.6 is 0 Å². The summed E-state index contributed by atoms with van der Waals surface area (Å²) in [6.45, 7) is 3.00. The first-order valence-electron chi connectivity index (χ1n) is 7.05. The molecule has 4 nitrogen and oxygen atoms in total. The molecule has 0 spiro atoms. The van der Waals surface area contributed by atoms with E-state index in [1.807, 2.05) is 30.6 Å². The fourth-order valence-corrected chi connectivity index (χ4v) is 2.26. The van der Waals surface area contributed by atoms with E-state index < -0.39 is 0 Å². The van der Waals surface area contributed by atoms with Gasteiger partial charge >= 0.3 is 0 Å². The molecular formula is C17H18N4. The van der Waals surface area contributed by atoms with Gasteiger partial charge in [-0.2, -0.15) is 5.10 Å². The van der Waals surface area contributed by atoms with Crippen molar-refractivity contribution in [2.45, 2.75) is 19.5 Å². The van der Waals surface area contributed by atoms with Crippen LogP contribution in [0.25, 0.3) is 11.3 Å². The summed E-state index contributed by atoms with van der Waals surface area (Å²) in [7, 11) is 0. The fraction of sp³-hybridized carbons (Fsp3) is 0.176. The third-order valence-electron chi connectivity index (χ3n) is 3.58. The number of aromatic nitrogens is 3. The summed E-state index contributed by atoms with van der Waals surface area (Å²) in [5.41, 5.74) is 4.70. The number of aromatic amines is 1. The Kier molecular flexibility index (Phi) is 4.07. The summed E-state index contributed by atoms with van der Waals surface area (Å²) in [6, 6.07) is 14.9. The van der Waals surface area contributed by atoms with E-state index in [2.05, 4.69) is 51.7 Å². The highest BCUT2D eigenvalue weighted by Crippen LogP contribution is 2.17. The summed E-state index contributed by atoms with van der Waals surface area (Å²) in [6.07, 6.45) is 5.42. The molecule has 0 bridgehead atoms. The molecule has 2 N–H and O–H groups in total. The number of rotatable bonds is 5. The maximum atomic E-state index is 4.04. The van der Waals surface area contributed by atoms with Gasteiger partial charge in [0, 0.05) is 31.2 Å². The smallest absolute Gasteiger partial charge is 0.0650 e. The van der Waals surface area contributed by atoms with Gasteiger partial charge in [-0.15, -0.1) is 0 Å². The van der Waals surface area contributed by atoms with Gasteiger partial charge in [0.15, 0.2) is 0 Å². The zero-order valence-corrected chi connectivity index (χ0v) is 12.0. The van der Waals surface area contributed by atoms with Gasteiger partial charge in [0.1, 0.15) is 0 Å². The molecule has 1 aromatic carbocycles. The predicted octanol–water partition coefficient (Wildman–Crippen LogP) is 3.32. The average Bonchev–Trinajstić information content (AvgIpc) is 3.08. The van der Waals surface area contributed by atoms with Gasteiger partial charge in [0.25, 0.3) is 0 Å². The summed E-state index contributed by atoms with van der Waals surface area (Å²) in [4.78, 5) is 4.04. The number of pyridine rings is 1. The Morgan fingerprint density at radius 2 is 1.76 bits per heavy atom. The zero-order valence-electron chi connectivity index (χ0n) is 12.0. The van der Waals surface area contributed by atoms with Crippen molar-refractivity contribution in [2.24, 2.45) is 0 Å². The Balaban J connectivity index is 1.61. The Morgan fingerprint density at radius 1 is 1.00 bits per heavy atom. The number of benzene rings is 1.